The number of anilines is 2. The Morgan fingerprint density at radius 3 is 2.71 bits per heavy atom. The SMILES string of the molecule is COc1cccc(CNc2cnc(S(=O)(=O)Nc3nc(-c4ccc(F)c(Cl)c4)c(F)s3)c(C3CC3)c2)c1O. The summed E-state index contributed by atoms with van der Waals surface area (Å²) in [6, 6.07) is 10.5. The highest BCUT2D eigenvalue weighted by Gasteiger charge is 2.33. The van der Waals surface area contributed by atoms with Crippen LogP contribution < -0.4 is 14.8 Å². The lowest BCUT2D eigenvalue weighted by Gasteiger charge is -2.14. The number of halogens is 3. The number of thiazole rings is 1. The summed E-state index contributed by atoms with van der Waals surface area (Å²) in [6.07, 6.45) is 3.00. The molecule has 0 saturated heterocycles. The minimum Gasteiger partial charge on any atom is -0.504 e. The zero-order valence-electron chi connectivity index (χ0n) is 19.8. The minimum atomic E-state index is -4.20. The first-order valence-electron chi connectivity index (χ1n) is 11.4. The van der Waals surface area contributed by atoms with E-state index in [4.69, 9.17) is 16.3 Å². The van der Waals surface area contributed by atoms with Crippen molar-refractivity contribution in [3.63, 3.8) is 0 Å². The highest BCUT2D eigenvalue weighted by Crippen LogP contribution is 2.44. The van der Waals surface area contributed by atoms with Crippen molar-refractivity contribution in [2.45, 2.75) is 30.3 Å². The Kier molecular flexibility index (Phi) is 7.12. The molecule has 0 unspecified atom stereocenters. The maximum absolute atomic E-state index is 14.6. The first-order valence-corrected chi connectivity index (χ1v) is 14.1. The second-order valence-corrected chi connectivity index (χ2v) is 11.5. The zero-order valence-corrected chi connectivity index (χ0v) is 22.2. The number of aromatic nitrogens is 2. The van der Waals surface area contributed by atoms with E-state index >= 15 is 0 Å². The van der Waals surface area contributed by atoms with E-state index in [-0.39, 0.29) is 44.6 Å². The summed E-state index contributed by atoms with van der Waals surface area (Å²) in [5, 5.41) is 12.1. The second kappa shape index (κ2) is 10.4. The molecule has 0 spiro atoms. The van der Waals surface area contributed by atoms with Crippen LogP contribution >= 0.6 is 22.9 Å². The zero-order chi connectivity index (χ0) is 27.0. The number of para-hydroxylation sites is 1. The average Bonchev–Trinajstić information content (AvgIpc) is 3.67. The van der Waals surface area contributed by atoms with Crippen molar-refractivity contribution in [2.24, 2.45) is 0 Å². The van der Waals surface area contributed by atoms with Crippen molar-refractivity contribution in [1.29, 1.82) is 0 Å². The summed E-state index contributed by atoms with van der Waals surface area (Å²) in [4.78, 5) is 8.26. The monoisotopic (exact) mass is 578 g/mol. The van der Waals surface area contributed by atoms with E-state index in [2.05, 4.69) is 20.0 Å². The van der Waals surface area contributed by atoms with Gasteiger partial charge in [0.25, 0.3) is 10.0 Å². The van der Waals surface area contributed by atoms with Gasteiger partial charge in [0.05, 0.1) is 24.0 Å². The average molecular weight is 579 g/mol. The van der Waals surface area contributed by atoms with Crippen LogP contribution in [0.4, 0.5) is 19.6 Å². The fraction of sp³-hybridized carbons (Fsp3) is 0.200. The summed E-state index contributed by atoms with van der Waals surface area (Å²) in [6.45, 7) is 0.258. The van der Waals surface area contributed by atoms with E-state index < -0.39 is 21.0 Å². The highest BCUT2D eigenvalue weighted by atomic mass is 35.5. The molecular weight excluding hydrogens is 558 g/mol. The van der Waals surface area contributed by atoms with E-state index in [0.29, 0.717) is 33.9 Å². The molecule has 3 N–H and O–H groups in total. The number of methoxy groups -OCH3 is 1. The quantitative estimate of drug-likeness (QED) is 0.218. The molecule has 2 aromatic heterocycles. The van der Waals surface area contributed by atoms with Gasteiger partial charge < -0.3 is 15.2 Å². The molecule has 198 valence electrons. The number of pyridine rings is 1. The number of phenolic OH excluding ortho intramolecular Hbond substituents is 1. The van der Waals surface area contributed by atoms with Gasteiger partial charge in [0.1, 0.15) is 11.5 Å². The van der Waals surface area contributed by atoms with Crippen LogP contribution in [0.2, 0.25) is 5.02 Å². The van der Waals surface area contributed by atoms with Crippen molar-refractivity contribution >= 4 is 43.8 Å². The van der Waals surface area contributed by atoms with Gasteiger partial charge >= 0.3 is 0 Å². The molecule has 0 amide bonds. The van der Waals surface area contributed by atoms with E-state index in [1.165, 1.54) is 25.4 Å². The van der Waals surface area contributed by atoms with Crippen molar-refractivity contribution in [1.82, 2.24) is 9.97 Å². The third-order valence-electron chi connectivity index (χ3n) is 5.94. The summed E-state index contributed by atoms with van der Waals surface area (Å²) < 4.78 is 62.0. The molecule has 0 aliphatic heterocycles. The molecule has 4 aromatic rings. The largest absolute Gasteiger partial charge is 0.504 e. The van der Waals surface area contributed by atoms with Crippen molar-refractivity contribution in [3.8, 4) is 22.8 Å². The molecule has 1 fully saturated rings. The number of nitrogens with zero attached hydrogens (tertiary/aromatic N) is 2. The fourth-order valence-electron chi connectivity index (χ4n) is 3.88. The van der Waals surface area contributed by atoms with Gasteiger partial charge in [0.2, 0.25) is 5.13 Å². The molecule has 0 radical (unpaired) electrons. The Labute approximate surface area is 226 Å². The van der Waals surface area contributed by atoms with Crippen molar-refractivity contribution in [3.05, 3.63) is 75.8 Å². The molecule has 2 aromatic carbocycles. The van der Waals surface area contributed by atoms with Gasteiger partial charge in [-0.1, -0.05) is 35.1 Å². The predicted octanol–water partition coefficient (Wildman–Crippen LogP) is 6.14. The highest BCUT2D eigenvalue weighted by molar-refractivity contribution is 7.92. The molecular formula is C25H21ClF2N4O4S2. The van der Waals surface area contributed by atoms with Gasteiger partial charge in [-0.15, -0.1) is 0 Å². The number of rotatable bonds is 9. The van der Waals surface area contributed by atoms with Crippen LogP contribution in [0.3, 0.4) is 0 Å². The predicted molar refractivity (Wildman–Crippen MR) is 141 cm³/mol. The number of phenols is 1. The van der Waals surface area contributed by atoms with Crippen LogP contribution in [0.5, 0.6) is 11.5 Å². The van der Waals surface area contributed by atoms with E-state index in [9.17, 15) is 22.3 Å². The molecule has 1 saturated carbocycles. The Hall–Kier alpha value is -3.48. The molecule has 2 heterocycles. The van der Waals surface area contributed by atoms with Gasteiger partial charge in [-0.3, -0.25) is 4.72 Å². The standard InChI is InChI=1S/C25H21ClF2N4O4S2/c1-36-20-4-2-3-15(22(20)33)11-29-16-10-17(13-5-6-13)24(30-12-16)38(34,35)32-25-31-21(23(28)37-25)14-7-8-19(27)18(26)9-14/h2-4,7-10,12-13,29,33H,5-6,11H2,1H3,(H,31,32). The normalized spacial score (nSPS) is 13.4. The van der Waals surface area contributed by atoms with E-state index in [1.807, 2.05) is 0 Å². The number of aromatic hydroxyl groups is 1. The number of hydrogen-bond donors (Lipinski definition) is 3. The molecule has 0 atom stereocenters. The number of nitrogens with one attached hydrogen (secondary N) is 2. The third-order valence-corrected chi connectivity index (χ3v) is 8.43. The summed E-state index contributed by atoms with van der Waals surface area (Å²) in [5.41, 5.74) is 1.76. The van der Waals surface area contributed by atoms with E-state index in [1.54, 1.807) is 24.3 Å². The smallest absolute Gasteiger partial charge is 0.281 e. The molecule has 1 aliphatic rings. The Bertz CT molecular complexity index is 1630. The first-order chi connectivity index (χ1) is 18.2. The molecule has 13 heteroatoms. The van der Waals surface area contributed by atoms with Gasteiger partial charge in [0.15, 0.2) is 21.7 Å². The van der Waals surface area contributed by atoms with Gasteiger partial charge in [0, 0.05) is 17.7 Å². The van der Waals surface area contributed by atoms with Crippen LogP contribution in [0, 0.1) is 10.9 Å². The molecule has 0 bridgehead atoms. The molecule has 38 heavy (non-hydrogen) atoms. The summed E-state index contributed by atoms with van der Waals surface area (Å²) >= 11 is 6.29. The number of ether oxygens (including phenoxy) is 1. The lowest BCUT2D eigenvalue weighted by Crippen LogP contribution is -2.17. The van der Waals surface area contributed by atoms with Crippen LogP contribution in [-0.4, -0.2) is 30.6 Å². The Morgan fingerprint density at radius 2 is 2.00 bits per heavy atom. The lowest BCUT2D eigenvalue weighted by molar-refractivity contribution is 0.371. The lowest BCUT2D eigenvalue weighted by atomic mass is 10.1. The fourth-order valence-corrected chi connectivity index (χ4v) is 6.22. The number of sulfonamides is 1. The second-order valence-electron chi connectivity index (χ2n) is 8.59. The maximum Gasteiger partial charge on any atom is 0.281 e. The summed E-state index contributed by atoms with van der Waals surface area (Å²) in [5.74, 6) is -0.285. The Balaban J connectivity index is 1.38. The maximum atomic E-state index is 14.6. The summed E-state index contributed by atoms with van der Waals surface area (Å²) in [7, 11) is -2.74. The number of benzene rings is 2. The van der Waals surface area contributed by atoms with Crippen LogP contribution in [0.25, 0.3) is 11.3 Å². The van der Waals surface area contributed by atoms with Crippen LogP contribution in [-0.2, 0) is 16.6 Å². The van der Waals surface area contributed by atoms with Crippen LogP contribution in [0.1, 0.15) is 29.9 Å². The molecule has 8 nitrogen and oxygen atoms in total. The Morgan fingerprint density at radius 1 is 1.21 bits per heavy atom. The molecule has 5 rings (SSSR count). The van der Waals surface area contributed by atoms with Gasteiger partial charge in [-0.2, -0.15) is 12.8 Å². The minimum absolute atomic E-state index is 0.0132. The topological polar surface area (TPSA) is 113 Å². The van der Waals surface area contributed by atoms with Gasteiger partial charge in [-0.05, 0) is 54.7 Å². The number of hydrogen-bond acceptors (Lipinski definition) is 8. The third kappa shape index (κ3) is 5.38. The first kappa shape index (κ1) is 26.1. The van der Waals surface area contributed by atoms with Crippen LogP contribution in [0.15, 0.2) is 53.7 Å². The van der Waals surface area contributed by atoms with Crippen molar-refractivity contribution < 1.29 is 27.0 Å². The molecule has 1 aliphatic carbocycles. The van der Waals surface area contributed by atoms with Gasteiger partial charge in [-0.25, -0.2) is 14.4 Å². The van der Waals surface area contributed by atoms with Crippen molar-refractivity contribution in [2.75, 3.05) is 17.1 Å². The van der Waals surface area contributed by atoms with E-state index in [0.717, 1.165) is 18.9 Å².